The highest BCUT2D eigenvalue weighted by molar-refractivity contribution is 6.44. The average Bonchev–Trinajstić information content (AvgIpc) is 2.89. The number of hydrogen-bond donors (Lipinski definition) is 1. The van der Waals surface area contributed by atoms with Crippen molar-refractivity contribution in [1.29, 1.82) is 0 Å². The van der Waals surface area contributed by atoms with Crippen molar-refractivity contribution in [3.05, 3.63) is 59.9 Å². The Labute approximate surface area is 157 Å². The van der Waals surface area contributed by atoms with Gasteiger partial charge in [-0.25, -0.2) is 4.90 Å². The van der Waals surface area contributed by atoms with Gasteiger partial charge in [0, 0.05) is 0 Å². The van der Waals surface area contributed by atoms with Crippen molar-refractivity contribution in [3.63, 3.8) is 0 Å². The number of aliphatic hydroxyl groups excluding tert-OH is 1. The third-order valence-electron chi connectivity index (χ3n) is 4.12. The summed E-state index contributed by atoms with van der Waals surface area (Å²) in [6.45, 7) is 4.68. The quantitative estimate of drug-likeness (QED) is 0.790. The van der Waals surface area contributed by atoms with E-state index in [0.717, 1.165) is 4.90 Å². The predicted octanol–water partition coefficient (Wildman–Crippen LogP) is 3.57. The maximum absolute atomic E-state index is 12.8. The lowest BCUT2D eigenvalue weighted by atomic mass is 10.1. The van der Waals surface area contributed by atoms with E-state index < -0.39 is 17.6 Å². The Bertz CT molecular complexity index is 882. The molecule has 2 amide bonds. The molecule has 1 heterocycles. The molecule has 1 aliphatic rings. The van der Waals surface area contributed by atoms with Gasteiger partial charge in [0.25, 0.3) is 5.91 Å². The first-order valence-electron chi connectivity index (χ1n) is 8.61. The van der Waals surface area contributed by atoms with Crippen molar-refractivity contribution >= 4 is 23.1 Å². The van der Waals surface area contributed by atoms with E-state index in [-0.39, 0.29) is 5.57 Å². The van der Waals surface area contributed by atoms with Crippen LogP contribution in [0.25, 0.3) is 5.57 Å². The lowest BCUT2D eigenvalue weighted by Crippen LogP contribution is -2.31. The standard InChI is InChI=1S/C21H21NO5/c1-13(2)12-27-17-8-4-14(5-9-17)18-19(23)21(25)22(20(18)24)15-6-10-16(26-3)11-7-15/h4-11,13,23H,12H2,1-3H3. The lowest BCUT2D eigenvalue weighted by Gasteiger charge is -2.15. The van der Waals surface area contributed by atoms with Crippen LogP contribution in [0, 0.1) is 5.92 Å². The zero-order chi connectivity index (χ0) is 19.6. The topological polar surface area (TPSA) is 76.1 Å². The molecule has 0 radical (unpaired) electrons. The molecule has 2 aromatic carbocycles. The summed E-state index contributed by atoms with van der Waals surface area (Å²) >= 11 is 0. The van der Waals surface area contributed by atoms with E-state index in [4.69, 9.17) is 9.47 Å². The number of carbonyl (C=O) groups is 2. The minimum absolute atomic E-state index is 0.0220. The smallest absolute Gasteiger partial charge is 0.301 e. The second-order valence-corrected chi connectivity index (χ2v) is 6.60. The van der Waals surface area contributed by atoms with Crippen LogP contribution in [-0.4, -0.2) is 30.6 Å². The first kappa shape index (κ1) is 18.5. The number of amides is 2. The van der Waals surface area contributed by atoms with Crippen LogP contribution >= 0.6 is 0 Å². The van der Waals surface area contributed by atoms with E-state index in [2.05, 4.69) is 0 Å². The van der Waals surface area contributed by atoms with Crippen molar-refractivity contribution in [2.45, 2.75) is 13.8 Å². The van der Waals surface area contributed by atoms with Gasteiger partial charge in [0.05, 0.1) is 25.0 Å². The Morgan fingerprint density at radius 3 is 2.07 bits per heavy atom. The van der Waals surface area contributed by atoms with Crippen LogP contribution in [-0.2, 0) is 9.59 Å². The monoisotopic (exact) mass is 367 g/mol. The zero-order valence-electron chi connectivity index (χ0n) is 15.4. The highest BCUT2D eigenvalue weighted by Crippen LogP contribution is 2.33. The van der Waals surface area contributed by atoms with E-state index in [1.807, 2.05) is 13.8 Å². The number of benzene rings is 2. The molecule has 0 fully saturated rings. The molecule has 0 bridgehead atoms. The number of aliphatic hydroxyl groups is 1. The molecule has 0 saturated heterocycles. The predicted molar refractivity (Wildman–Crippen MR) is 102 cm³/mol. The summed E-state index contributed by atoms with van der Waals surface area (Å²) in [5.41, 5.74) is 0.800. The third kappa shape index (κ3) is 3.65. The fourth-order valence-electron chi connectivity index (χ4n) is 2.72. The largest absolute Gasteiger partial charge is 0.502 e. The van der Waals surface area contributed by atoms with Gasteiger partial charge in [0.15, 0.2) is 5.76 Å². The van der Waals surface area contributed by atoms with Gasteiger partial charge >= 0.3 is 5.91 Å². The number of methoxy groups -OCH3 is 1. The first-order chi connectivity index (χ1) is 12.9. The molecule has 1 aliphatic heterocycles. The van der Waals surface area contributed by atoms with Gasteiger partial charge < -0.3 is 14.6 Å². The fourth-order valence-corrected chi connectivity index (χ4v) is 2.72. The maximum Gasteiger partial charge on any atom is 0.301 e. The minimum atomic E-state index is -0.750. The van der Waals surface area contributed by atoms with Gasteiger partial charge in [-0.15, -0.1) is 0 Å². The van der Waals surface area contributed by atoms with Gasteiger partial charge in [-0.2, -0.15) is 0 Å². The van der Waals surface area contributed by atoms with Gasteiger partial charge in [-0.3, -0.25) is 9.59 Å². The Balaban J connectivity index is 1.85. The molecule has 0 unspecified atom stereocenters. The van der Waals surface area contributed by atoms with Gasteiger partial charge in [0.2, 0.25) is 0 Å². The summed E-state index contributed by atoms with van der Waals surface area (Å²) in [6, 6.07) is 13.2. The molecular weight excluding hydrogens is 346 g/mol. The summed E-state index contributed by atoms with van der Waals surface area (Å²) in [6.07, 6.45) is 0. The van der Waals surface area contributed by atoms with Crippen LogP contribution in [0.2, 0.25) is 0 Å². The molecule has 1 N–H and O–H groups in total. The Hall–Kier alpha value is -3.28. The number of nitrogens with zero attached hydrogens (tertiary/aromatic N) is 1. The van der Waals surface area contributed by atoms with Crippen molar-refractivity contribution in [3.8, 4) is 11.5 Å². The molecule has 6 nitrogen and oxygen atoms in total. The molecule has 6 heteroatoms. The molecule has 3 rings (SSSR count). The van der Waals surface area contributed by atoms with Crippen molar-refractivity contribution in [1.82, 2.24) is 0 Å². The number of imide groups is 1. The Morgan fingerprint density at radius 1 is 0.926 bits per heavy atom. The summed E-state index contributed by atoms with van der Waals surface area (Å²) < 4.78 is 10.7. The number of hydrogen-bond acceptors (Lipinski definition) is 5. The molecule has 140 valence electrons. The van der Waals surface area contributed by atoms with Crippen LogP contribution in [0.1, 0.15) is 19.4 Å². The number of anilines is 1. The van der Waals surface area contributed by atoms with E-state index in [1.165, 1.54) is 7.11 Å². The maximum atomic E-state index is 12.8. The fraction of sp³-hybridized carbons (Fsp3) is 0.238. The molecule has 0 aromatic heterocycles. The van der Waals surface area contributed by atoms with Crippen molar-refractivity contribution in [2.75, 3.05) is 18.6 Å². The molecule has 27 heavy (non-hydrogen) atoms. The summed E-state index contributed by atoms with van der Waals surface area (Å²) in [7, 11) is 1.53. The third-order valence-corrected chi connectivity index (χ3v) is 4.12. The summed E-state index contributed by atoms with van der Waals surface area (Å²) in [5, 5.41) is 10.3. The van der Waals surface area contributed by atoms with Gasteiger partial charge in [-0.1, -0.05) is 26.0 Å². The average molecular weight is 367 g/mol. The number of carbonyl (C=O) groups excluding carboxylic acids is 2. The lowest BCUT2D eigenvalue weighted by molar-refractivity contribution is -0.121. The molecule has 0 spiro atoms. The van der Waals surface area contributed by atoms with E-state index >= 15 is 0 Å². The Morgan fingerprint density at radius 2 is 1.52 bits per heavy atom. The zero-order valence-corrected chi connectivity index (χ0v) is 15.4. The summed E-state index contributed by atoms with van der Waals surface area (Å²) in [4.78, 5) is 26.2. The second-order valence-electron chi connectivity index (χ2n) is 6.60. The van der Waals surface area contributed by atoms with Crippen molar-refractivity contribution in [2.24, 2.45) is 5.92 Å². The van der Waals surface area contributed by atoms with Crippen LogP contribution in [0.3, 0.4) is 0 Å². The number of rotatable bonds is 6. The molecule has 2 aromatic rings. The van der Waals surface area contributed by atoms with Crippen LogP contribution in [0.5, 0.6) is 11.5 Å². The summed E-state index contributed by atoms with van der Waals surface area (Å²) in [5.74, 6) is -0.224. The van der Waals surface area contributed by atoms with Crippen LogP contribution < -0.4 is 14.4 Å². The first-order valence-corrected chi connectivity index (χ1v) is 8.61. The van der Waals surface area contributed by atoms with Crippen molar-refractivity contribution < 1.29 is 24.2 Å². The highest BCUT2D eigenvalue weighted by Gasteiger charge is 2.40. The second kappa shape index (κ2) is 7.53. The molecule has 0 atom stereocenters. The van der Waals surface area contributed by atoms with E-state index in [1.54, 1.807) is 48.5 Å². The Kier molecular flexibility index (Phi) is 5.16. The van der Waals surface area contributed by atoms with E-state index in [0.29, 0.717) is 35.3 Å². The van der Waals surface area contributed by atoms with Crippen LogP contribution in [0.15, 0.2) is 54.3 Å². The SMILES string of the molecule is COc1ccc(N2C(=O)C(O)=C(c3ccc(OCC(C)C)cc3)C2=O)cc1. The van der Waals surface area contributed by atoms with Gasteiger partial charge in [-0.05, 0) is 47.9 Å². The van der Waals surface area contributed by atoms with Crippen LogP contribution in [0.4, 0.5) is 5.69 Å². The molecular formula is C21H21NO5. The minimum Gasteiger partial charge on any atom is -0.502 e. The highest BCUT2D eigenvalue weighted by atomic mass is 16.5. The van der Waals surface area contributed by atoms with E-state index in [9.17, 15) is 14.7 Å². The normalized spacial score (nSPS) is 14.3. The van der Waals surface area contributed by atoms with Gasteiger partial charge in [0.1, 0.15) is 11.5 Å². The molecule has 0 aliphatic carbocycles. The number of ether oxygens (including phenoxy) is 2. The molecule has 0 saturated carbocycles.